The number of nitrogens with two attached hydrogens (primary N) is 1. The summed E-state index contributed by atoms with van der Waals surface area (Å²) in [7, 11) is 0. The Kier molecular flexibility index (Phi) is 4.77. The van der Waals surface area contributed by atoms with Crippen LogP contribution < -0.4 is 11.1 Å². The first-order chi connectivity index (χ1) is 6.77. The maximum Gasteiger partial charge on any atom is 0.370 e. The largest absolute Gasteiger partial charge is 0.370 e. The van der Waals surface area contributed by atoms with Crippen LogP contribution in [0.15, 0.2) is 0 Å². The van der Waals surface area contributed by atoms with Gasteiger partial charge in [-0.15, -0.1) is 0 Å². The topological polar surface area (TPSA) is 64.8 Å². The second kappa shape index (κ2) is 5.89. The minimum absolute atomic E-state index is 0.599. The number of nitrogens with one attached hydrogen (secondary N) is 1. The number of thioether (sulfide) groups is 1. The van der Waals surface area contributed by atoms with Gasteiger partial charge in [-0.2, -0.15) is 4.58 Å². The Labute approximate surface area is 89.2 Å². The van der Waals surface area contributed by atoms with Gasteiger partial charge in [0.1, 0.15) is 0 Å². The van der Waals surface area contributed by atoms with Gasteiger partial charge in [-0.05, 0) is 38.1 Å². The molecule has 0 amide bonds. The highest BCUT2D eigenvalue weighted by Gasteiger charge is 2.17. The summed E-state index contributed by atoms with van der Waals surface area (Å²) >= 11 is 1.43. The van der Waals surface area contributed by atoms with E-state index in [4.69, 9.17) is 11.0 Å². The first-order valence-corrected chi connectivity index (χ1v) is 6.04. The number of piperidine rings is 1. The van der Waals surface area contributed by atoms with Gasteiger partial charge in [0.05, 0.1) is 6.54 Å². The standard InChI is InChI=1S/C9H16N4S/c1-14-9(11)13(7-10)6-8-2-4-12-5-3-8/h8,11-12H,2-6H2,1H3/p+1. The molecule has 14 heavy (non-hydrogen) atoms. The molecule has 1 heterocycles. The third-order valence-electron chi connectivity index (χ3n) is 2.50. The van der Waals surface area contributed by atoms with Gasteiger partial charge in [-0.3, -0.25) is 0 Å². The number of rotatable bonds is 2. The Hall–Kier alpha value is -0.730. The summed E-state index contributed by atoms with van der Waals surface area (Å²) in [5, 5.41) is 12.8. The molecule has 4 nitrogen and oxygen atoms in total. The molecule has 1 aliphatic heterocycles. The minimum atomic E-state index is 0.599. The van der Waals surface area contributed by atoms with Crippen LogP contribution in [0.1, 0.15) is 12.8 Å². The Balaban J connectivity index is 2.52. The molecule has 0 aromatic carbocycles. The zero-order chi connectivity index (χ0) is 10.4. The number of amidine groups is 1. The smallest absolute Gasteiger partial charge is 0.317 e. The van der Waals surface area contributed by atoms with E-state index in [1.165, 1.54) is 11.8 Å². The fourth-order valence-electron chi connectivity index (χ4n) is 1.61. The molecule has 0 radical (unpaired) electrons. The van der Waals surface area contributed by atoms with Gasteiger partial charge in [0.25, 0.3) is 5.17 Å². The van der Waals surface area contributed by atoms with Crippen molar-refractivity contribution in [3.63, 3.8) is 0 Å². The van der Waals surface area contributed by atoms with E-state index in [2.05, 4.69) is 11.5 Å². The van der Waals surface area contributed by atoms with Crippen molar-refractivity contribution in [2.75, 3.05) is 25.9 Å². The maximum atomic E-state index is 8.90. The Bertz CT molecular complexity index is 250. The summed E-state index contributed by atoms with van der Waals surface area (Å²) in [6.45, 7) is 2.89. The highest BCUT2D eigenvalue weighted by molar-refractivity contribution is 8.12. The lowest BCUT2D eigenvalue weighted by molar-refractivity contribution is -0.446. The zero-order valence-corrected chi connectivity index (χ0v) is 9.31. The van der Waals surface area contributed by atoms with Crippen LogP contribution in [0, 0.1) is 17.4 Å². The first-order valence-electron chi connectivity index (χ1n) is 4.82. The highest BCUT2D eigenvalue weighted by Crippen LogP contribution is 2.11. The normalized spacial score (nSPS) is 20.0. The van der Waals surface area contributed by atoms with Crippen molar-refractivity contribution in [3.05, 3.63) is 0 Å². The van der Waals surface area contributed by atoms with Crippen molar-refractivity contribution in [1.82, 2.24) is 5.32 Å². The Morgan fingerprint density at radius 1 is 1.64 bits per heavy atom. The molecule has 1 rings (SSSR count). The molecule has 1 aliphatic rings. The van der Waals surface area contributed by atoms with Crippen LogP contribution in [0.2, 0.25) is 0 Å². The van der Waals surface area contributed by atoms with Crippen molar-refractivity contribution < 1.29 is 4.58 Å². The van der Waals surface area contributed by atoms with Gasteiger partial charge in [0, 0.05) is 5.26 Å². The third kappa shape index (κ3) is 3.20. The summed E-state index contributed by atoms with van der Waals surface area (Å²) < 4.78 is 1.60. The van der Waals surface area contributed by atoms with Gasteiger partial charge in [-0.1, -0.05) is 11.8 Å². The Morgan fingerprint density at radius 2 is 2.29 bits per heavy atom. The van der Waals surface area contributed by atoms with E-state index in [1.54, 1.807) is 4.58 Å². The number of nitriles is 1. The molecule has 3 N–H and O–H groups in total. The molecule has 0 unspecified atom stereocenters. The average Bonchev–Trinajstić information content (AvgIpc) is 2.26. The van der Waals surface area contributed by atoms with Crippen LogP contribution in [-0.2, 0) is 0 Å². The minimum Gasteiger partial charge on any atom is -0.317 e. The molecule has 0 spiro atoms. The zero-order valence-electron chi connectivity index (χ0n) is 8.49. The molecule has 0 aromatic rings. The SMILES string of the molecule is CSC(N)=[N+](C#N)CC1CCNCC1. The van der Waals surface area contributed by atoms with Gasteiger partial charge in [-0.25, -0.2) is 0 Å². The third-order valence-corrected chi connectivity index (χ3v) is 3.13. The predicted octanol–water partition coefficient (Wildman–Crippen LogP) is 0.157. The fraction of sp³-hybridized carbons (Fsp3) is 0.778. The van der Waals surface area contributed by atoms with E-state index in [9.17, 15) is 0 Å². The van der Waals surface area contributed by atoms with Crippen LogP contribution in [0.4, 0.5) is 0 Å². The van der Waals surface area contributed by atoms with Crippen molar-refractivity contribution >= 4 is 16.9 Å². The first kappa shape index (κ1) is 11.3. The second-order valence-electron chi connectivity index (χ2n) is 3.45. The average molecular weight is 213 g/mol. The molecule has 0 aromatic heterocycles. The Morgan fingerprint density at radius 3 is 2.79 bits per heavy atom. The van der Waals surface area contributed by atoms with Gasteiger partial charge < -0.3 is 11.1 Å². The van der Waals surface area contributed by atoms with Crippen LogP contribution in [-0.4, -0.2) is 35.6 Å². The quantitative estimate of drug-likeness (QED) is 0.225. The maximum absolute atomic E-state index is 8.90. The van der Waals surface area contributed by atoms with Crippen LogP contribution in [0.5, 0.6) is 0 Å². The second-order valence-corrected chi connectivity index (χ2v) is 4.27. The molecule has 0 saturated carbocycles. The fourth-order valence-corrected chi connectivity index (χ4v) is 1.95. The van der Waals surface area contributed by atoms with Crippen LogP contribution in [0.25, 0.3) is 0 Å². The molecule has 5 heteroatoms. The lowest BCUT2D eigenvalue weighted by atomic mass is 9.98. The van der Waals surface area contributed by atoms with Crippen LogP contribution in [0.3, 0.4) is 0 Å². The van der Waals surface area contributed by atoms with Gasteiger partial charge in [0.2, 0.25) is 0 Å². The summed E-state index contributed by atoms with van der Waals surface area (Å²) in [4.78, 5) is 0. The van der Waals surface area contributed by atoms with E-state index >= 15 is 0 Å². The number of hydrogen-bond donors (Lipinski definition) is 2. The molecule has 0 aliphatic carbocycles. The van der Waals surface area contributed by atoms with E-state index in [1.807, 2.05) is 6.26 Å². The summed E-state index contributed by atoms with van der Waals surface area (Å²) in [6.07, 6.45) is 6.30. The number of nitrogens with zero attached hydrogens (tertiary/aromatic N) is 2. The van der Waals surface area contributed by atoms with E-state index in [-0.39, 0.29) is 0 Å². The lowest BCUT2D eigenvalue weighted by Crippen LogP contribution is -2.34. The molecular weight excluding hydrogens is 196 g/mol. The molecule has 78 valence electrons. The van der Waals surface area contributed by atoms with Crippen molar-refractivity contribution in [3.8, 4) is 6.19 Å². The van der Waals surface area contributed by atoms with Crippen molar-refractivity contribution in [2.24, 2.45) is 11.7 Å². The highest BCUT2D eigenvalue weighted by atomic mass is 32.2. The van der Waals surface area contributed by atoms with Crippen LogP contribution >= 0.6 is 11.8 Å². The molecule has 0 atom stereocenters. The molecule has 0 bridgehead atoms. The summed E-state index contributed by atoms with van der Waals surface area (Å²) in [5.74, 6) is 0.599. The number of hydrogen-bond acceptors (Lipinski definition) is 3. The lowest BCUT2D eigenvalue weighted by Gasteiger charge is -2.21. The van der Waals surface area contributed by atoms with Crippen molar-refractivity contribution in [1.29, 1.82) is 5.26 Å². The van der Waals surface area contributed by atoms with E-state index < -0.39 is 0 Å². The van der Waals surface area contributed by atoms with Crippen molar-refractivity contribution in [2.45, 2.75) is 12.8 Å². The van der Waals surface area contributed by atoms with Gasteiger partial charge >= 0.3 is 6.19 Å². The molecular formula is C9H17N4S+. The molecule has 1 saturated heterocycles. The molecule has 1 fully saturated rings. The van der Waals surface area contributed by atoms with Gasteiger partial charge in [0.15, 0.2) is 0 Å². The summed E-state index contributed by atoms with van der Waals surface area (Å²) in [6, 6.07) is 0. The van der Waals surface area contributed by atoms with E-state index in [0.717, 1.165) is 32.5 Å². The van der Waals surface area contributed by atoms with E-state index in [0.29, 0.717) is 11.1 Å². The summed E-state index contributed by atoms with van der Waals surface area (Å²) in [5.41, 5.74) is 5.71. The monoisotopic (exact) mass is 213 g/mol. The predicted molar refractivity (Wildman–Crippen MR) is 59.0 cm³/mol.